The van der Waals surface area contributed by atoms with Crippen LogP contribution in [-0.2, 0) is 4.74 Å². The third kappa shape index (κ3) is 4.71. The molecule has 0 saturated carbocycles. The molecule has 2 fully saturated rings. The minimum absolute atomic E-state index is 0.0110. The molecule has 7 heteroatoms. The number of benzene rings is 2. The second kappa shape index (κ2) is 8.81. The zero-order valence-corrected chi connectivity index (χ0v) is 18.8. The molecule has 0 N–H and O–H groups in total. The molecule has 4 rings (SSSR count). The fourth-order valence-corrected chi connectivity index (χ4v) is 4.45. The molecule has 0 bridgehead atoms. The van der Waals surface area contributed by atoms with Crippen molar-refractivity contribution in [1.29, 1.82) is 0 Å². The highest BCUT2D eigenvalue weighted by atomic mass is 19.1. The Balaban J connectivity index is 1.53. The average Bonchev–Trinajstić information content (AvgIpc) is 3.11. The van der Waals surface area contributed by atoms with E-state index in [-0.39, 0.29) is 30.0 Å². The summed E-state index contributed by atoms with van der Waals surface area (Å²) in [6.45, 7) is 7.16. The Labute approximate surface area is 188 Å². The first-order valence-corrected chi connectivity index (χ1v) is 11.1. The number of carbonyl (C=O) groups is 2. The molecule has 1 atom stereocenters. The van der Waals surface area contributed by atoms with Gasteiger partial charge >= 0.3 is 12.1 Å². The molecule has 0 unspecified atom stereocenters. The largest absolute Gasteiger partial charge is 0.444 e. The fraction of sp³-hybridized carbons (Fsp3) is 0.440. The van der Waals surface area contributed by atoms with Crippen molar-refractivity contribution >= 4 is 17.8 Å². The normalized spacial score (nSPS) is 20.1. The van der Waals surface area contributed by atoms with Crippen LogP contribution in [0.25, 0.3) is 0 Å². The van der Waals surface area contributed by atoms with E-state index < -0.39 is 5.60 Å². The van der Waals surface area contributed by atoms with E-state index in [0.717, 1.165) is 5.56 Å². The molecule has 3 amide bonds. The molecule has 6 nitrogen and oxygen atoms in total. The summed E-state index contributed by atoms with van der Waals surface area (Å²) in [6.07, 6.45) is 1.06. The van der Waals surface area contributed by atoms with Crippen molar-refractivity contribution < 1.29 is 18.7 Å². The lowest BCUT2D eigenvalue weighted by molar-refractivity contribution is 0.0158. The standard InChI is InChI=1S/C25H30FN3O3/c1-25(2,3)32-24(31)27-15-13-21(14-16-27)29-22(18-7-5-4-6-8-18)17-28(23(29)30)20-11-9-19(26)10-12-20/h4-12,21-22H,13-17H2,1-3H3/t22-/m0/s1. The van der Waals surface area contributed by atoms with Crippen LogP contribution in [0.3, 0.4) is 0 Å². The van der Waals surface area contributed by atoms with Crippen LogP contribution in [0.1, 0.15) is 45.2 Å². The lowest BCUT2D eigenvalue weighted by Crippen LogP contribution is -2.49. The first-order valence-electron chi connectivity index (χ1n) is 11.1. The number of urea groups is 1. The Hall–Kier alpha value is -3.09. The fourth-order valence-electron chi connectivity index (χ4n) is 4.45. The minimum atomic E-state index is -0.535. The molecule has 2 heterocycles. The molecular formula is C25H30FN3O3. The van der Waals surface area contributed by atoms with Gasteiger partial charge in [0, 0.05) is 24.8 Å². The number of hydrogen-bond acceptors (Lipinski definition) is 3. The van der Waals surface area contributed by atoms with Crippen LogP contribution in [0.5, 0.6) is 0 Å². The Morgan fingerprint density at radius 1 is 1.00 bits per heavy atom. The van der Waals surface area contributed by atoms with E-state index in [1.54, 1.807) is 21.9 Å². The van der Waals surface area contributed by atoms with Crippen molar-refractivity contribution in [2.24, 2.45) is 0 Å². The highest BCUT2D eigenvalue weighted by Gasteiger charge is 2.43. The molecule has 0 spiro atoms. The van der Waals surface area contributed by atoms with E-state index in [9.17, 15) is 14.0 Å². The Morgan fingerprint density at radius 3 is 2.22 bits per heavy atom. The maximum atomic E-state index is 13.5. The summed E-state index contributed by atoms with van der Waals surface area (Å²) in [6, 6.07) is 15.8. The summed E-state index contributed by atoms with van der Waals surface area (Å²) in [5.74, 6) is -0.327. The third-order valence-corrected chi connectivity index (χ3v) is 5.98. The van der Waals surface area contributed by atoms with Gasteiger partial charge in [0.05, 0.1) is 12.6 Å². The van der Waals surface area contributed by atoms with Crippen molar-refractivity contribution in [2.75, 3.05) is 24.5 Å². The molecule has 2 aliphatic rings. The van der Waals surface area contributed by atoms with Gasteiger partial charge in [-0.05, 0) is 63.4 Å². The molecule has 0 radical (unpaired) electrons. The van der Waals surface area contributed by atoms with E-state index in [2.05, 4.69) is 0 Å². The third-order valence-electron chi connectivity index (χ3n) is 5.98. The second-order valence-electron chi connectivity index (χ2n) is 9.40. The van der Waals surface area contributed by atoms with Crippen molar-refractivity contribution in [3.63, 3.8) is 0 Å². The first kappa shape index (κ1) is 22.1. The van der Waals surface area contributed by atoms with Gasteiger partial charge in [-0.3, -0.25) is 4.90 Å². The zero-order valence-electron chi connectivity index (χ0n) is 18.8. The molecule has 32 heavy (non-hydrogen) atoms. The Morgan fingerprint density at radius 2 is 1.62 bits per heavy atom. The number of amides is 3. The minimum Gasteiger partial charge on any atom is -0.444 e. The van der Waals surface area contributed by atoms with Gasteiger partial charge in [0.2, 0.25) is 0 Å². The van der Waals surface area contributed by atoms with Gasteiger partial charge in [0.25, 0.3) is 0 Å². The van der Waals surface area contributed by atoms with Crippen LogP contribution in [0.2, 0.25) is 0 Å². The summed E-state index contributed by atoms with van der Waals surface area (Å²) in [5.41, 5.74) is 1.22. The van der Waals surface area contributed by atoms with Crippen molar-refractivity contribution in [3.8, 4) is 0 Å². The molecule has 0 aromatic heterocycles. The van der Waals surface area contributed by atoms with Gasteiger partial charge in [-0.25, -0.2) is 14.0 Å². The number of nitrogens with zero attached hydrogens (tertiary/aromatic N) is 3. The predicted octanol–water partition coefficient (Wildman–Crippen LogP) is 5.21. The quantitative estimate of drug-likeness (QED) is 0.660. The number of piperidine rings is 1. The summed E-state index contributed by atoms with van der Waals surface area (Å²) in [5, 5.41) is 0. The van der Waals surface area contributed by atoms with Gasteiger partial charge in [-0.1, -0.05) is 30.3 Å². The van der Waals surface area contributed by atoms with Crippen molar-refractivity contribution in [2.45, 2.75) is 51.3 Å². The smallest absolute Gasteiger partial charge is 0.410 e. The molecule has 2 aliphatic heterocycles. The number of rotatable bonds is 3. The SMILES string of the molecule is CC(C)(C)OC(=O)N1CCC(N2C(=O)N(c3ccc(F)cc3)C[C@H]2c2ccccc2)CC1. The van der Waals surface area contributed by atoms with Crippen LogP contribution in [0.15, 0.2) is 54.6 Å². The number of hydrogen-bond donors (Lipinski definition) is 0. The molecule has 0 aliphatic carbocycles. The van der Waals surface area contributed by atoms with Gasteiger partial charge in [-0.15, -0.1) is 0 Å². The van der Waals surface area contributed by atoms with Gasteiger partial charge in [0.1, 0.15) is 11.4 Å². The predicted molar refractivity (Wildman–Crippen MR) is 121 cm³/mol. The summed E-state index contributed by atoms with van der Waals surface area (Å²) >= 11 is 0. The summed E-state index contributed by atoms with van der Waals surface area (Å²) in [4.78, 5) is 31.4. The Kier molecular flexibility index (Phi) is 6.09. The molecule has 2 saturated heterocycles. The second-order valence-corrected chi connectivity index (χ2v) is 9.40. The molecular weight excluding hydrogens is 409 g/mol. The molecule has 170 valence electrons. The lowest BCUT2D eigenvalue weighted by atomic mass is 9.99. The zero-order chi connectivity index (χ0) is 22.9. The number of anilines is 1. The Bertz CT molecular complexity index is 951. The van der Waals surface area contributed by atoms with Gasteiger partial charge in [-0.2, -0.15) is 0 Å². The highest BCUT2D eigenvalue weighted by Crippen LogP contribution is 2.37. The number of carbonyl (C=O) groups excluding carboxylic acids is 2. The molecule has 2 aromatic rings. The average molecular weight is 440 g/mol. The van der Waals surface area contributed by atoms with Crippen LogP contribution in [0.4, 0.5) is 19.7 Å². The van der Waals surface area contributed by atoms with E-state index >= 15 is 0 Å². The van der Waals surface area contributed by atoms with Crippen molar-refractivity contribution in [3.05, 3.63) is 66.0 Å². The number of halogens is 1. The van der Waals surface area contributed by atoms with E-state index in [1.165, 1.54) is 12.1 Å². The van der Waals surface area contributed by atoms with Crippen LogP contribution in [-0.4, -0.2) is 53.2 Å². The maximum Gasteiger partial charge on any atom is 0.410 e. The topological polar surface area (TPSA) is 53.1 Å². The monoisotopic (exact) mass is 439 g/mol. The van der Waals surface area contributed by atoms with E-state index in [4.69, 9.17) is 4.74 Å². The highest BCUT2D eigenvalue weighted by molar-refractivity contribution is 5.95. The van der Waals surface area contributed by atoms with E-state index in [1.807, 2.05) is 56.0 Å². The number of ether oxygens (including phenoxy) is 1. The van der Waals surface area contributed by atoms with Gasteiger partial charge < -0.3 is 14.5 Å². The number of likely N-dealkylation sites (tertiary alicyclic amines) is 1. The van der Waals surface area contributed by atoms with Gasteiger partial charge in [0.15, 0.2) is 0 Å². The first-order chi connectivity index (χ1) is 15.2. The van der Waals surface area contributed by atoms with Crippen molar-refractivity contribution in [1.82, 2.24) is 9.80 Å². The van der Waals surface area contributed by atoms with Crippen LogP contribution in [0, 0.1) is 5.82 Å². The lowest BCUT2D eigenvalue weighted by Gasteiger charge is -2.39. The van der Waals surface area contributed by atoms with Crippen LogP contribution < -0.4 is 4.90 Å². The van der Waals surface area contributed by atoms with Crippen LogP contribution >= 0.6 is 0 Å². The van der Waals surface area contributed by atoms with E-state index in [0.29, 0.717) is 38.2 Å². The summed E-state index contributed by atoms with van der Waals surface area (Å²) in [7, 11) is 0. The maximum absolute atomic E-state index is 13.5. The summed E-state index contributed by atoms with van der Waals surface area (Å²) < 4.78 is 18.9. The molecule has 2 aromatic carbocycles.